The van der Waals surface area contributed by atoms with E-state index in [0.717, 1.165) is 11.4 Å². The van der Waals surface area contributed by atoms with E-state index in [2.05, 4.69) is 4.98 Å². The SMILES string of the molecule is COc1cccnc1/C=C/CN.Cl. The van der Waals surface area contributed by atoms with Crippen LogP contribution in [-0.2, 0) is 0 Å². The van der Waals surface area contributed by atoms with Crippen molar-refractivity contribution in [2.45, 2.75) is 0 Å². The highest BCUT2D eigenvalue weighted by molar-refractivity contribution is 5.85. The van der Waals surface area contributed by atoms with Crippen LogP contribution in [0.5, 0.6) is 5.75 Å². The van der Waals surface area contributed by atoms with Crippen LogP contribution in [0, 0.1) is 0 Å². The number of hydrogen-bond donors (Lipinski definition) is 1. The Morgan fingerprint density at radius 1 is 1.62 bits per heavy atom. The second kappa shape index (κ2) is 6.46. The zero-order valence-electron chi connectivity index (χ0n) is 7.43. The van der Waals surface area contributed by atoms with E-state index in [9.17, 15) is 0 Å². The summed E-state index contributed by atoms with van der Waals surface area (Å²) in [6.45, 7) is 0.514. The molecule has 0 aliphatic rings. The molecule has 0 amide bonds. The molecule has 1 heterocycles. The van der Waals surface area contributed by atoms with Gasteiger partial charge in [-0.1, -0.05) is 6.08 Å². The van der Waals surface area contributed by atoms with Crippen molar-refractivity contribution in [3.05, 3.63) is 30.1 Å². The molecule has 0 radical (unpaired) electrons. The highest BCUT2D eigenvalue weighted by Crippen LogP contribution is 2.15. The Kier molecular flexibility index (Phi) is 5.93. The van der Waals surface area contributed by atoms with Crippen LogP contribution >= 0.6 is 12.4 Å². The predicted octanol–water partition coefficient (Wildman–Crippen LogP) is 1.48. The van der Waals surface area contributed by atoms with Crippen LogP contribution in [0.4, 0.5) is 0 Å². The topological polar surface area (TPSA) is 48.1 Å². The summed E-state index contributed by atoms with van der Waals surface area (Å²) in [6, 6.07) is 3.70. The number of pyridine rings is 1. The molecule has 72 valence electrons. The number of nitrogens with zero attached hydrogens (tertiary/aromatic N) is 1. The molecule has 0 aromatic carbocycles. The summed E-state index contributed by atoms with van der Waals surface area (Å²) in [5.41, 5.74) is 6.12. The monoisotopic (exact) mass is 200 g/mol. The molecule has 0 aliphatic carbocycles. The van der Waals surface area contributed by atoms with Crippen molar-refractivity contribution in [1.29, 1.82) is 0 Å². The summed E-state index contributed by atoms with van der Waals surface area (Å²) in [7, 11) is 1.62. The van der Waals surface area contributed by atoms with Crippen molar-refractivity contribution in [3.8, 4) is 5.75 Å². The van der Waals surface area contributed by atoms with Gasteiger partial charge in [0.25, 0.3) is 0 Å². The number of halogens is 1. The van der Waals surface area contributed by atoms with Crippen molar-refractivity contribution >= 4 is 18.5 Å². The Balaban J connectivity index is 0.00000144. The van der Waals surface area contributed by atoms with E-state index in [1.807, 2.05) is 24.3 Å². The fourth-order valence-corrected chi connectivity index (χ4v) is 0.880. The van der Waals surface area contributed by atoms with Gasteiger partial charge in [-0.05, 0) is 18.2 Å². The van der Waals surface area contributed by atoms with Gasteiger partial charge in [0, 0.05) is 12.7 Å². The van der Waals surface area contributed by atoms with E-state index in [4.69, 9.17) is 10.5 Å². The maximum atomic E-state index is 5.31. The molecule has 2 N–H and O–H groups in total. The summed E-state index contributed by atoms with van der Waals surface area (Å²) >= 11 is 0. The summed E-state index contributed by atoms with van der Waals surface area (Å²) in [4.78, 5) is 4.12. The average Bonchev–Trinajstić information content (AvgIpc) is 2.15. The largest absolute Gasteiger partial charge is 0.494 e. The van der Waals surface area contributed by atoms with Gasteiger partial charge in [0.2, 0.25) is 0 Å². The van der Waals surface area contributed by atoms with Gasteiger partial charge in [-0.15, -0.1) is 12.4 Å². The molecule has 1 aromatic rings. The Hall–Kier alpha value is -1.06. The third-order valence-electron chi connectivity index (χ3n) is 1.43. The molecule has 0 spiro atoms. The second-order valence-electron chi connectivity index (χ2n) is 2.23. The minimum absolute atomic E-state index is 0. The van der Waals surface area contributed by atoms with Crippen LogP contribution < -0.4 is 10.5 Å². The minimum atomic E-state index is 0. The molecule has 1 aromatic heterocycles. The molecule has 1 rings (SSSR count). The number of aromatic nitrogens is 1. The van der Waals surface area contributed by atoms with E-state index in [0.29, 0.717) is 6.54 Å². The normalized spacial score (nSPS) is 9.69. The molecule has 0 atom stereocenters. The van der Waals surface area contributed by atoms with Gasteiger partial charge in [-0.3, -0.25) is 4.98 Å². The first-order valence-electron chi connectivity index (χ1n) is 3.74. The molecule has 0 saturated heterocycles. The van der Waals surface area contributed by atoms with Crippen molar-refractivity contribution in [1.82, 2.24) is 4.98 Å². The number of ether oxygens (including phenoxy) is 1. The lowest BCUT2D eigenvalue weighted by atomic mass is 10.3. The smallest absolute Gasteiger partial charge is 0.144 e. The van der Waals surface area contributed by atoms with E-state index in [1.54, 1.807) is 13.3 Å². The maximum Gasteiger partial charge on any atom is 0.144 e. The molecule has 13 heavy (non-hydrogen) atoms. The average molecular weight is 201 g/mol. The number of nitrogens with two attached hydrogens (primary N) is 1. The van der Waals surface area contributed by atoms with Gasteiger partial charge < -0.3 is 10.5 Å². The van der Waals surface area contributed by atoms with Crippen LogP contribution in [0.15, 0.2) is 24.4 Å². The second-order valence-corrected chi connectivity index (χ2v) is 2.23. The van der Waals surface area contributed by atoms with Crippen LogP contribution in [-0.4, -0.2) is 18.6 Å². The summed E-state index contributed by atoms with van der Waals surface area (Å²) in [6.07, 6.45) is 5.41. The molecule has 4 heteroatoms. The Labute approximate surface area is 84.0 Å². The Morgan fingerprint density at radius 2 is 2.38 bits per heavy atom. The first-order chi connectivity index (χ1) is 5.88. The predicted molar refractivity (Wildman–Crippen MR) is 56.1 cm³/mol. The van der Waals surface area contributed by atoms with Gasteiger partial charge in [0.1, 0.15) is 11.4 Å². The van der Waals surface area contributed by atoms with Gasteiger partial charge in [0.15, 0.2) is 0 Å². The lowest BCUT2D eigenvalue weighted by molar-refractivity contribution is 0.412. The fraction of sp³-hybridized carbons (Fsp3) is 0.222. The summed E-state index contributed by atoms with van der Waals surface area (Å²) in [5, 5.41) is 0. The van der Waals surface area contributed by atoms with Crippen molar-refractivity contribution in [2.75, 3.05) is 13.7 Å². The maximum absolute atomic E-state index is 5.31. The number of hydrogen-bond acceptors (Lipinski definition) is 3. The zero-order valence-corrected chi connectivity index (χ0v) is 8.25. The third kappa shape index (κ3) is 3.44. The quantitative estimate of drug-likeness (QED) is 0.804. The molecule has 0 unspecified atom stereocenters. The molecule has 0 aliphatic heterocycles. The van der Waals surface area contributed by atoms with Crippen molar-refractivity contribution in [3.63, 3.8) is 0 Å². The van der Waals surface area contributed by atoms with Gasteiger partial charge in [-0.25, -0.2) is 0 Å². The Morgan fingerprint density at radius 3 is 3.00 bits per heavy atom. The number of rotatable bonds is 3. The molecule has 0 saturated carbocycles. The minimum Gasteiger partial charge on any atom is -0.494 e. The Bertz CT molecular complexity index is 276. The van der Waals surface area contributed by atoms with E-state index in [-0.39, 0.29) is 12.4 Å². The molecule has 0 fully saturated rings. The van der Waals surface area contributed by atoms with Crippen molar-refractivity contribution in [2.24, 2.45) is 5.73 Å². The summed E-state index contributed by atoms with van der Waals surface area (Å²) in [5.74, 6) is 0.766. The molecular formula is C9H13ClN2O. The molecule has 0 bridgehead atoms. The lowest BCUT2D eigenvalue weighted by Crippen LogP contribution is -1.93. The van der Waals surface area contributed by atoms with E-state index >= 15 is 0 Å². The fourth-order valence-electron chi connectivity index (χ4n) is 0.880. The first kappa shape index (κ1) is 11.9. The first-order valence-corrected chi connectivity index (χ1v) is 3.74. The standard InChI is InChI=1S/C9H12N2O.ClH/c1-12-9-5-3-7-11-8(9)4-2-6-10;/h2-5,7H,6,10H2,1H3;1H/b4-2+;. The third-order valence-corrected chi connectivity index (χ3v) is 1.43. The highest BCUT2D eigenvalue weighted by Gasteiger charge is 1.96. The highest BCUT2D eigenvalue weighted by atomic mass is 35.5. The number of methoxy groups -OCH3 is 1. The summed E-state index contributed by atoms with van der Waals surface area (Å²) < 4.78 is 5.09. The lowest BCUT2D eigenvalue weighted by Gasteiger charge is -2.01. The van der Waals surface area contributed by atoms with Gasteiger partial charge in [-0.2, -0.15) is 0 Å². The van der Waals surface area contributed by atoms with Crippen LogP contribution in [0.25, 0.3) is 6.08 Å². The molecule has 3 nitrogen and oxygen atoms in total. The van der Waals surface area contributed by atoms with Crippen LogP contribution in [0.3, 0.4) is 0 Å². The van der Waals surface area contributed by atoms with Gasteiger partial charge in [0.05, 0.1) is 7.11 Å². The van der Waals surface area contributed by atoms with Gasteiger partial charge >= 0.3 is 0 Å². The zero-order chi connectivity index (χ0) is 8.81. The van der Waals surface area contributed by atoms with E-state index in [1.165, 1.54) is 0 Å². The van der Waals surface area contributed by atoms with Crippen LogP contribution in [0.1, 0.15) is 5.69 Å². The van der Waals surface area contributed by atoms with Crippen LogP contribution in [0.2, 0.25) is 0 Å². The van der Waals surface area contributed by atoms with Crippen molar-refractivity contribution < 1.29 is 4.74 Å². The van der Waals surface area contributed by atoms with E-state index < -0.39 is 0 Å². The molecular weight excluding hydrogens is 188 g/mol.